The quantitative estimate of drug-likeness (QED) is 0.903. The number of thiophene rings is 1. The third kappa shape index (κ3) is 1.95. The zero-order valence-corrected chi connectivity index (χ0v) is 10.7. The van der Waals surface area contributed by atoms with Crippen LogP contribution in [0.3, 0.4) is 0 Å². The fraction of sp³-hybridized carbons (Fsp3) is 0.231. The molecule has 1 aromatic heterocycles. The molecule has 17 heavy (non-hydrogen) atoms. The molecule has 2 heterocycles. The summed E-state index contributed by atoms with van der Waals surface area (Å²) in [6, 6.07) is 9.87. The van der Waals surface area contributed by atoms with E-state index in [-0.39, 0.29) is 6.04 Å². The number of nitrogens with two attached hydrogens (primary N) is 1. The Kier molecular flexibility index (Phi) is 2.82. The summed E-state index contributed by atoms with van der Waals surface area (Å²) in [7, 11) is 0. The minimum Gasteiger partial charge on any atom is -0.493 e. The van der Waals surface area contributed by atoms with Crippen molar-refractivity contribution in [3.05, 3.63) is 50.7 Å². The number of hydrogen-bond donors (Lipinski definition) is 1. The normalized spacial score (nSPS) is 15.4. The topological polar surface area (TPSA) is 35.2 Å². The van der Waals surface area contributed by atoms with E-state index in [1.807, 2.05) is 24.3 Å². The lowest BCUT2D eigenvalue weighted by Gasteiger charge is -2.13. The van der Waals surface area contributed by atoms with Gasteiger partial charge in [0, 0.05) is 16.9 Å². The van der Waals surface area contributed by atoms with Gasteiger partial charge in [0.15, 0.2) is 0 Å². The Labute approximate surface area is 109 Å². The Morgan fingerprint density at radius 3 is 2.94 bits per heavy atom. The molecule has 0 spiro atoms. The molecule has 2 aromatic rings. The van der Waals surface area contributed by atoms with Gasteiger partial charge in [0.2, 0.25) is 0 Å². The number of fused-ring (bicyclic) bond motifs is 1. The molecule has 1 unspecified atom stereocenters. The first kappa shape index (κ1) is 11.1. The standard InChI is InChI=1S/C13H12ClNOS/c14-11-5-4-10(17-11)12(15)9-3-1-2-8-6-7-16-13(8)9/h1-5,12H,6-7,15H2. The predicted octanol–water partition coefficient (Wildman–Crippen LogP) is 3.38. The lowest BCUT2D eigenvalue weighted by atomic mass is 10.0. The second-order valence-electron chi connectivity index (χ2n) is 4.05. The summed E-state index contributed by atoms with van der Waals surface area (Å²) in [4.78, 5) is 1.07. The maximum Gasteiger partial charge on any atom is 0.127 e. The maximum absolute atomic E-state index is 6.27. The largest absolute Gasteiger partial charge is 0.493 e. The zero-order valence-electron chi connectivity index (χ0n) is 9.15. The Morgan fingerprint density at radius 1 is 1.29 bits per heavy atom. The van der Waals surface area contributed by atoms with Crippen LogP contribution in [0.2, 0.25) is 4.34 Å². The fourth-order valence-corrected chi connectivity index (χ4v) is 3.22. The van der Waals surface area contributed by atoms with E-state index < -0.39 is 0 Å². The molecule has 4 heteroatoms. The summed E-state index contributed by atoms with van der Waals surface area (Å²) >= 11 is 7.46. The summed E-state index contributed by atoms with van der Waals surface area (Å²) in [5.41, 5.74) is 8.58. The van der Waals surface area contributed by atoms with E-state index >= 15 is 0 Å². The van der Waals surface area contributed by atoms with E-state index in [1.54, 1.807) is 0 Å². The van der Waals surface area contributed by atoms with Crippen LogP contribution in [0.4, 0.5) is 0 Å². The molecule has 1 aromatic carbocycles. The van der Waals surface area contributed by atoms with Crippen molar-refractivity contribution in [1.29, 1.82) is 0 Å². The van der Waals surface area contributed by atoms with Gasteiger partial charge in [-0.15, -0.1) is 11.3 Å². The number of halogens is 1. The van der Waals surface area contributed by atoms with Crippen molar-refractivity contribution in [2.75, 3.05) is 6.61 Å². The number of benzene rings is 1. The van der Waals surface area contributed by atoms with Crippen molar-refractivity contribution < 1.29 is 4.74 Å². The SMILES string of the molecule is NC(c1ccc(Cl)s1)c1cccc2c1OCC2. The Bertz CT molecular complexity index is 552. The van der Waals surface area contributed by atoms with Gasteiger partial charge in [0.05, 0.1) is 17.0 Å². The highest BCUT2D eigenvalue weighted by Gasteiger charge is 2.21. The molecule has 2 N–H and O–H groups in total. The first-order valence-corrected chi connectivity index (χ1v) is 6.70. The Morgan fingerprint density at radius 2 is 2.18 bits per heavy atom. The molecular weight excluding hydrogens is 254 g/mol. The van der Waals surface area contributed by atoms with Crippen molar-refractivity contribution >= 4 is 22.9 Å². The van der Waals surface area contributed by atoms with E-state index in [1.165, 1.54) is 16.9 Å². The van der Waals surface area contributed by atoms with Crippen molar-refractivity contribution in [2.45, 2.75) is 12.5 Å². The lowest BCUT2D eigenvalue weighted by molar-refractivity contribution is 0.352. The molecular formula is C13H12ClNOS. The molecule has 0 saturated heterocycles. The summed E-state index contributed by atoms with van der Waals surface area (Å²) in [6.07, 6.45) is 0.973. The molecule has 0 fully saturated rings. The Balaban J connectivity index is 2.02. The highest BCUT2D eigenvalue weighted by molar-refractivity contribution is 7.16. The van der Waals surface area contributed by atoms with E-state index in [4.69, 9.17) is 22.1 Å². The van der Waals surface area contributed by atoms with E-state index in [2.05, 4.69) is 6.07 Å². The van der Waals surface area contributed by atoms with Crippen LogP contribution in [-0.2, 0) is 6.42 Å². The van der Waals surface area contributed by atoms with Gasteiger partial charge in [-0.2, -0.15) is 0 Å². The molecule has 3 rings (SSSR count). The average molecular weight is 266 g/mol. The maximum atomic E-state index is 6.27. The third-order valence-corrected chi connectivity index (χ3v) is 4.29. The minimum atomic E-state index is -0.152. The number of para-hydroxylation sites is 1. The summed E-state index contributed by atoms with van der Waals surface area (Å²) in [5.74, 6) is 0.963. The number of hydrogen-bond acceptors (Lipinski definition) is 3. The van der Waals surface area contributed by atoms with Gasteiger partial charge in [-0.05, 0) is 17.7 Å². The van der Waals surface area contributed by atoms with Crippen molar-refractivity contribution in [3.8, 4) is 5.75 Å². The van der Waals surface area contributed by atoms with Gasteiger partial charge in [-0.3, -0.25) is 0 Å². The predicted molar refractivity (Wildman–Crippen MR) is 71.0 cm³/mol. The molecule has 0 aliphatic carbocycles. The molecule has 1 aliphatic rings. The van der Waals surface area contributed by atoms with Gasteiger partial charge >= 0.3 is 0 Å². The van der Waals surface area contributed by atoms with Crippen molar-refractivity contribution in [3.63, 3.8) is 0 Å². The monoisotopic (exact) mass is 265 g/mol. The minimum absolute atomic E-state index is 0.152. The van der Waals surface area contributed by atoms with Crippen LogP contribution in [0, 0.1) is 0 Å². The van der Waals surface area contributed by atoms with Crippen LogP contribution in [0.5, 0.6) is 5.75 Å². The Hall–Kier alpha value is -1.03. The molecule has 1 aliphatic heterocycles. The second-order valence-corrected chi connectivity index (χ2v) is 5.80. The lowest BCUT2D eigenvalue weighted by Crippen LogP contribution is -2.11. The van der Waals surface area contributed by atoms with Crippen LogP contribution in [0.25, 0.3) is 0 Å². The molecule has 1 atom stereocenters. The summed E-state index contributed by atoms with van der Waals surface area (Å²) in [6.45, 7) is 0.754. The first-order valence-electron chi connectivity index (χ1n) is 5.51. The van der Waals surface area contributed by atoms with E-state index in [0.717, 1.165) is 33.6 Å². The van der Waals surface area contributed by atoms with Crippen LogP contribution in [0.1, 0.15) is 22.0 Å². The smallest absolute Gasteiger partial charge is 0.127 e. The molecule has 88 valence electrons. The van der Waals surface area contributed by atoms with Crippen LogP contribution >= 0.6 is 22.9 Å². The zero-order chi connectivity index (χ0) is 11.8. The highest BCUT2D eigenvalue weighted by Crippen LogP contribution is 2.37. The van der Waals surface area contributed by atoms with Crippen molar-refractivity contribution in [2.24, 2.45) is 5.73 Å². The molecule has 0 bridgehead atoms. The average Bonchev–Trinajstić information content (AvgIpc) is 2.95. The third-order valence-electron chi connectivity index (χ3n) is 2.98. The molecule has 0 saturated carbocycles. The van der Waals surface area contributed by atoms with Crippen LogP contribution < -0.4 is 10.5 Å². The highest BCUT2D eigenvalue weighted by atomic mass is 35.5. The van der Waals surface area contributed by atoms with Gasteiger partial charge in [-0.25, -0.2) is 0 Å². The first-order chi connectivity index (χ1) is 8.25. The van der Waals surface area contributed by atoms with Gasteiger partial charge in [-0.1, -0.05) is 29.8 Å². The van der Waals surface area contributed by atoms with Gasteiger partial charge in [0.25, 0.3) is 0 Å². The van der Waals surface area contributed by atoms with Crippen molar-refractivity contribution in [1.82, 2.24) is 0 Å². The fourth-order valence-electron chi connectivity index (χ4n) is 2.13. The second kappa shape index (κ2) is 4.33. The van der Waals surface area contributed by atoms with Gasteiger partial charge in [0.1, 0.15) is 5.75 Å². The number of ether oxygens (including phenoxy) is 1. The summed E-state index contributed by atoms with van der Waals surface area (Å²) in [5, 5.41) is 0. The van der Waals surface area contributed by atoms with E-state index in [0.29, 0.717) is 0 Å². The molecule has 2 nitrogen and oxygen atoms in total. The number of rotatable bonds is 2. The van der Waals surface area contributed by atoms with E-state index in [9.17, 15) is 0 Å². The van der Waals surface area contributed by atoms with Crippen LogP contribution in [-0.4, -0.2) is 6.61 Å². The summed E-state index contributed by atoms with van der Waals surface area (Å²) < 4.78 is 6.44. The van der Waals surface area contributed by atoms with Gasteiger partial charge < -0.3 is 10.5 Å². The van der Waals surface area contributed by atoms with Crippen LogP contribution in [0.15, 0.2) is 30.3 Å². The molecule has 0 radical (unpaired) electrons. The molecule has 0 amide bonds.